The highest BCUT2D eigenvalue weighted by molar-refractivity contribution is 7.99. The minimum atomic E-state index is -0.583. The maximum Gasteiger partial charge on any atom is 0.316 e. The Bertz CT molecular complexity index is 1060. The number of furan rings is 1. The van der Waals surface area contributed by atoms with Gasteiger partial charge in [0.25, 0.3) is 5.91 Å². The first kappa shape index (κ1) is 22.5. The van der Waals surface area contributed by atoms with Crippen molar-refractivity contribution in [3.05, 3.63) is 45.6 Å². The fourth-order valence-corrected chi connectivity index (χ4v) is 3.78. The number of esters is 1. The van der Waals surface area contributed by atoms with Crippen molar-refractivity contribution < 1.29 is 18.7 Å². The minimum absolute atomic E-state index is 0.0445. The molecule has 1 N–H and O–H groups in total. The maximum absolute atomic E-state index is 12.0. The van der Waals surface area contributed by atoms with Gasteiger partial charge in [0.15, 0.2) is 23.3 Å². The number of amides is 1. The predicted molar refractivity (Wildman–Crippen MR) is 115 cm³/mol. The summed E-state index contributed by atoms with van der Waals surface area (Å²) in [5.41, 5.74) is 0.267. The molecular weight excluding hydrogens is 475 g/mol. The van der Waals surface area contributed by atoms with E-state index in [9.17, 15) is 9.59 Å². The molecule has 158 valence electrons. The molecule has 0 fully saturated rings. The molecule has 0 aliphatic rings. The van der Waals surface area contributed by atoms with Crippen LogP contribution in [0.15, 0.2) is 40.1 Å². The Morgan fingerprint density at radius 3 is 2.67 bits per heavy atom. The summed E-state index contributed by atoms with van der Waals surface area (Å²) in [7, 11) is 0. The van der Waals surface area contributed by atoms with Gasteiger partial charge >= 0.3 is 5.97 Å². The third-order valence-electron chi connectivity index (χ3n) is 3.74. The Morgan fingerprint density at radius 1 is 1.20 bits per heavy atom. The number of thioether (sulfide) groups is 1. The first-order valence-corrected chi connectivity index (χ1v) is 10.7. The van der Waals surface area contributed by atoms with Gasteiger partial charge in [0, 0.05) is 6.54 Å². The predicted octanol–water partition coefficient (Wildman–Crippen LogP) is 4.79. The van der Waals surface area contributed by atoms with Crippen molar-refractivity contribution in [1.82, 2.24) is 14.8 Å². The molecule has 3 aromatic rings. The molecule has 2 heterocycles. The Kier molecular flexibility index (Phi) is 7.65. The van der Waals surface area contributed by atoms with Crippen molar-refractivity contribution in [1.29, 1.82) is 0 Å². The van der Waals surface area contributed by atoms with Crippen LogP contribution in [0.1, 0.15) is 6.92 Å². The van der Waals surface area contributed by atoms with Crippen molar-refractivity contribution >= 4 is 64.1 Å². The lowest BCUT2D eigenvalue weighted by molar-refractivity contribution is -0.144. The van der Waals surface area contributed by atoms with Crippen molar-refractivity contribution in [3.63, 3.8) is 0 Å². The van der Waals surface area contributed by atoms with Crippen LogP contribution in [0.4, 0.5) is 5.69 Å². The maximum atomic E-state index is 12.0. The fraction of sp³-hybridized carbons (Fsp3) is 0.222. The number of ether oxygens (including phenoxy) is 1. The second-order valence-electron chi connectivity index (χ2n) is 5.77. The molecule has 0 saturated carbocycles. The third kappa shape index (κ3) is 5.48. The number of rotatable bonds is 8. The van der Waals surface area contributed by atoms with Crippen molar-refractivity contribution in [3.8, 4) is 11.6 Å². The highest BCUT2D eigenvalue weighted by atomic mass is 35.5. The summed E-state index contributed by atoms with van der Waals surface area (Å²) in [6.07, 6.45) is 1.55. The molecule has 8 nitrogen and oxygen atoms in total. The first-order valence-electron chi connectivity index (χ1n) is 8.59. The number of hydrogen-bond donors (Lipinski definition) is 1. The van der Waals surface area contributed by atoms with E-state index >= 15 is 0 Å². The summed E-state index contributed by atoms with van der Waals surface area (Å²) >= 11 is 18.9. The Hall–Kier alpha value is -2.20. The number of carbonyl (C=O) groups excluding carboxylic acids is 2. The Balaban J connectivity index is 1.51. The van der Waals surface area contributed by atoms with Gasteiger partial charge in [-0.2, -0.15) is 0 Å². The number of halogens is 3. The highest BCUT2D eigenvalue weighted by Gasteiger charge is 2.17. The molecule has 30 heavy (non-hydrogen) atoms. The molecule has 0 aliphatic heterocycles. The topological polar surface area (TPSA) is 99.2 Å². The molecule has 0 bridgehead atoms. The lowest BCUT2D eigenvalue weighted by Crippen LogP contribution is -2.22. The van der Waals surface area contributed by atoms with Gasteiger partial charge in [-0.1, -0.05) is 46.6 Å². The van der Waals surface area contributed by atoms with Crippen LogP contribution in [-0.2, 0) is 20.9 Å². The quantitative estimate of drug-likeness (QED) is 0.276. The smallest absolute Gasteiger partial charge is 0.316 e. The molecule has 0 spiro atoms. The summed E-state index contributed by atoms with van der Waals surface area (Å²) in [6.45, 7) is 2.04. The molecule has 0 atom stereocenters. The van der Waals surface area contributed by atoms with E-state index in [1.54, 1.807) is 18.4 Å². The number of carbonyl (C=O) groups is 2. The van der Waals surface area contributed by atoms with Crippen LogP contribution in [0.25, 0.3) is 11.6 Å². The van der Waals surface area contributed by atoms with Gasteiger partial charge in [0.05, 0.1) is 32.8 Å². The number of aromatic nitrogens is 3. The average Bonchev–Trinajstić information content (AvgIpc) is 3.38. The van der Waals surface area contributed by atoms with Crippen LogP contribution in [0.3, 0.4) is 0 Å². The van der Waals surface area contributed by atoms with Gasteiger partial charge in [-0.25, -0.2) is 0 Å². The summed E-state index contributed by atoms with van der Waals surface area (Å²) in [4.78, 5) is 24.0. The normalized spacial score (nSPS) is 10.8. The lowest BCUT2D eigenvalue weighted by Gasteiger charge is -2.09. The zero-order valence-corrected chi connectivity index (χ0v) is 18.6. The van der Waals surface area contributed by atoms with Crippen LogP contribution in [-0.4, -0.2) is 39.0 Å². The van der Waals surface area contributed by atoms with E-state index in [0.717, 1.165) is 11.8 Å². The van der Waals surface area contributed by atoms with Gasteiger partial charge in [0.1, 0.15) is 0 Å². The summed E-state index contributed by atoms with van der Waals surface area (Å²) < 4.78 is 12.2. The van der Waals surface area contributed by atoms with Crippen LogP contribution >= 0.6 is 46.6 Å². The van der Waals surface area contributed by atoms with E-state index in [-0.39, 0.29) is 26.5 Å². The summed E-state index contributed by atoms with van der Waals surface area (Å²) in [6, 6.07) is 6.35. The van der Waals surface area contributed by atoms with E-state index in [1.165, 1.54) is 12.1 Å². The Morgan fingerprint density at radius 2 is 1.97 bits per heavy atom. The Labute approximate surface area is 190 Å². The second-order valence-corrected chi connectivity index (χ2v) is 7.94. The molecule has 2 aromatic heterocycles. The molecule has 0 radical (unpaired) electrons. The van der Waals surface area contributed by atoms with Crippen LogP contribution < -0.4 is 5.32 Å². The molecule has 0 aliphatic carbocycles. The van der Waals surface area contributed by atoms with Gasteiger partial charge in [-0.15, -0.1) is 10.2 Å². The number of hydrogen-bond acceptors (Lipinski definition) is 7. The monoisotopic (exact) mass is 488 g/mol. The van der Waals surface area contributed by atoms with Gasteiger partial charge in [-0.05, 0) is 31.2 Å². The SMILES string of the molecule is CCn1c(SCC(=O)OCC(=O)Nc2cc(Cl)c(Cl)cc2Cl)nnc1-c1ccco1. The van der Waals surface area contributed by atoms with E-state index in [4.69, 9.17) is 44.0 Å². The van der Waals surface area contributed by atoms with Crippen LogP contribution in [0.5, 0.6) is 0 Å². The van der Waals surface area contributed by atoms with Crippen LogP contribution in [0, 0.1) is 0 Å². The highest BCUT2D eigenvalue weighted by Crippen LogP contribution is 2.32. The standard InChI is InChI=1S/C18H15Cl3N4O4S/c1-2-25-17(14-4-3-5-28-14)23-24-18(25)30-9-16(27)29-8-15(26)22-13-7-11(20)10(19)6-12(13)21/h3-7H,2,8-9H2,1H3,(H,22,26). The zero-order valence-electron chi connectivity index (χ0n) is 15.5. The second kappa shape index (κ2) is 10.2. The van der Waals surface area contributed by atoms with Crippen molar-refractivity contribution in [2.45, 2.75) is 18.6 Å². The van der Waals surface area contributed by atoms with Crippen molar-refractivity contribution in [2.75, 3.05) is 17.7 Å². The number of anilines is 1. The molecule has 1 amide bonds. The molecular formula is C18H15Cl3N4O4S. The van der Waals surface area contributed by atoms with E-state index < -0.39 is 18.5 Å². The van der Waals surface area contributed by atoms with Gasteiger partial charge in [-0.3, -0.25) is 14.2 Å². The summed E-state index contributed by atoms with van der Waals surface area (Å²) in [5.74, 6) is -0.0457. The van der Waals surface area contributed by atoms with Crippen LogP contribution in [0.2, 0.25) is 15.1 Å². The number of nitrogens with zero attached hydrogens (tertiary/aromatic N) is 3. The third-order valence-corrected chi connectivity index (χ3v) is 5.72. The summed E-state index contributed by atoms with van der Waals surface area (Å²) in [5, 5.41) is 11.9. The minimum Gasteiger partial charge on any atom is -0.461 e. The van der Waals surface area contributed by atoms with Crippen molar-refractivity contribution in [2.24, 2.45) is 0 Å². The van der Waals surface area contributed by atoms with E-state index in [0.29, 0.717) is 23.3 Å². The van der Waals surface area contributed by atoms with E-state index in [2.05, 4.69) is 15.5 Å². The first-order chi connectivity index (χ1) is 14.4. The lowest BCUT2D eigenvalue weighted by atomic mass is 10.3. The molecule has 0 unspecified atom stereocenters. The zero-order chi connectivity index (χ0) is 21.7. The number of benzene rings is 1. The molecule has 0 saturated heterocycles. The largest absolute Gasteiger partial charge is 0.461 e. The van der Waals surface area contributed by atoms with E-state index in [1.807, 2.05) is 11.5 Å². The molecule has 12 heteroatoms. The fourth-order valence-electron chi connectivity index (χ4n) is 2.38. The molecule has 1 aromatic carbocycles. The van der Waals surface area contributed by atoms with Gasteiger partial charge in [0.2, 0.25) is 0 Å². The average molecular weight is 490 g/mol. The number of nitrogens with one attached hydrogen (secondary N) is 1. The van der Waals surface area contributed by atoms with Gasteiger partial charge < -0.3 is 14.5 Å². The molecule has 3 rings (SSSR count).